The van der Waals surface area contributed by atoms with Gasteiger partial charge in [-0.3, -0.25) is 9.10 Å². The number of sulfonamides is 1. The SMILES string of the molecule is CCCCNC(=O)c1ccccc1N(Cc1ccccc1)S(=O)(=O)c1ccccc1. The van der Waals surface area contributed by atoms with Gasteiger partial charge in [0.1, 0.15) is 0 Å². The molecule has 0 saturated carbocycles. The van der Waals surface area contributed by atoms with Gasteiger partial charge in [0.25, 0.3) is 15.9 Å². The average Bonchev–Trinajstić information content (AvgIpc) is 2.79. The molecule has 0 atom stereocenters. The standard InChI is InChI=1S/C24H26N2O3S/c1-2-3-18-25-24(27)22-16-10-11-17-23(22)26(19-20-12-6-4-7-13-20)30(28,29)21-14-8-5-9-15-21/h4-17H,2-3,18-19H2,1H3,(H,25,27). The molecule has 3 aromatic carbocycles. The van der Waals surface area contributed by atoms with Crippen LogP contribution in [0.1, 0.15) is 35.7 Å². The third-order valence-electron chi connectivity index (χ3n) is 4.73. The van der Waals surface area contributed by atoms with E-state index in [4.69, 9.17) is 0 Å². The fraction of sp³-hybridized carbons (Fsp3) is 0.208. The van der Waals surface area contributed by atoms with Crippen molar-refractivity contribution < 1.29 is 13.2 Å². The smallest absolute Gasteiger partial charge is 0.264 e. The van der Waals surface area contributed by atoms with Gasteiger partial charge in [-0.15, -0.1) is 0 Å². The van der Waals surface area contributed by atoms with Crippen LogP contribution in [0.3, 0.4) is 0 Å². The van der Waals surface area contributed by atoms with Gasteiger partial charge in [-0.2, -0.15) is 0 Å². The lowest BCUT2D eigenvalue weighted by atomic mass is 10.1. The lowest BCUT2D eigenvalue weighted by Gasteiger charge is -2.26. The number of unbranched alkanes of at least 4 members (excludes halogenated alkanes) is 1. The summed E-state index contributed by atoms with van der Waals surface area (Å²) in [4.78, 5) is 13.0. The maximum absolute atomic E-state index is 13.6. The third kappa shape index (κ3) is 5.07. The van der Waals surface area contributed by atoms with E-state index in [1.54, 1.807) is 54.6 Å². The Morgan fingerprint density at radius 1 is 0.867 bits per heavy atom. The summed E-state index contributed by atoms with van der Waals surface area (Å²) < 4.78 is 28.4. The largest absolute Gasteiger partial charge is 0.352 e. The van der Waals surface area contributed by atoms with Gasteiger partial charge in [-0.25, -0.2) is 8.42 Å². The Balaban J connectivity index is 2.06. The quantitative estimate of drug-likeness (QED) is 0.512. The van der Waals surface area contributed by atoms with Gasteiger partial charge >= 0.3 is 0 Å². The number of carbonyl (C=O) groups excluding carboxylic acids is 1. The summed E-state index contributed by atoms with van der Waals surface area (Å²) in [6.45, 7) is 2.72. The van der Waals surface area contributed by atoms with Gasteiger partial charge < -0.3 is 5.32 Å². The van der Waals surface area contributed by atoms with Crippen LogP contribution >= 0.6 is 0 Å². The number of rotatable bonds is 9. The lowest BCUT2D eigenvalue weighted by Crippen LogP contribution is -2.33. The molecule has 0 aliphatic carbocycles. The van der Waals surface area contributed by atoms with E-state index >= 15 is 0 Å². The molecular weight excluding hydrogens is 396 g/mol. The Morgan fingerprint density at radius 2 is 1.47 bits per heavy atom. The van der Waals surface area contributed by atoms with Crippen molar-refractivity contribution in [3.05, 3.63) is 96.1 Å². The minimum atomic E-state index is -3.88. The van der Waals surface area contributed by atoms with Crippen molar-refractivity contribution in [1.29, 1.82) is 0 Å². The first kappa shape index (κ1) is 21.6. The van der Waals surface area contributed by atoms with Gasteiger partial charge in [0.05, 0.1) is 22.7 Å². The van der Waals surface area contributed by atoms with Crippen LogP contribution < -0.4 is 9.62 Å². The summed E-state index contributed by atoms with van der Waals surface area (Å²) in [5.41, 5.74) is 1.53. The van der Waals surface area contributed by atoms with E-state index in [1.807, 2.05) is 37.3 Å². The second-order valence-corrected chi connectivity index (χ2v) is 8.80. The van der Waals surface area contributed by atoms with Crippen molar-refractivity contribution in [3.8, 4) is 0 Å². The average molecular weight is 423 g/mol. The lowest BCUT2D eigenvalue weighted by molar-refractivity contribution is 0.0954. The minimum absolute atomic E-state index is 0.122. The first-order valence-corrected chi connectivity index (χ1v) is 11.5. The number of carbonyl (C=O) groups is 1. The first-order chi connectivity index (χ1) is 14.5. The van der Waals surface area contributed by atoms with E-state index in [-0.39, 0.29) is 17.3 Å². The molecule has 1 amide bonds. The Kier molecular flexibility index (Phi) is 7.25. The van der Waals surface area contributed by atoms with Crippen LogP contribution in [0.4, 0.5) is 5.69 Å². The Hall–Kier alpha value is -3.12. The van der Waals surface area contributed by atoms with Crippen LogP contribution in [-0.2, 0) is 16.6 Å². The number of amides is 1. The molecule has 3 aromatic rings. The summed E-state index contributed by atoms with van der Waals surface area (Å²) >= 11 is 0. The molecule has 156 valence electrons. The van der Waals surface area contributed by atoms with Crippen LogP contribution in [0.5, 0.6) is 0 Å². The van der Waals surface area contributed by atoms with E-state index in [1.165, 1.54) is 4.31 Å². The molecule has 3 rings (SSSR count). The molecule has 0 saturated heterocycles. The van der Waals surface area contributed by atoms with E-state index in [0.29, 0.717) is 17.8 Å². The summed E-state index contributed by atoms with van der Waals surface area (Å²) in [7, 11) is -3.88. The molecule has 1 N–H and O–H groups in total. The Labute approximate surface area is 178 Å². The molecular formula is C24H26N2O3S. The number of nitrogens with one attached hydrogen (secondary N) is 1. The van der Waals surface area contributed by atoms with E-state index in [2.05, 4.69) is 5.32 Å². The predicted molar refractivity (Wildman–Crippen MR) is 120 cm³/mol. The number of hydrogen-bond donors (Lipinski definition) is 1. The number of anilines is 1. The highest BCUT2D eigenvalue weighted by molar-refractivity contribution is 7.92. The second-order valence-electron chi connectivity index (χ2n) is 6.94. The minimum Gasteiger partial charge on any atom is -0.352 e. The van der Waals surface area contributed by atoms with Crippen LogP contribution in [0.2, 0.25) is 0 Å². The second kappa shape index (κ2) is 10.1. The fourth-order valence-corrected chi connectivity index (χ4v) is 4.62. The molecule has 0 heterocycles. The molecule has 0 unspecified atom stereocenters. The summed E-state index contributed by atoms with van der Waals surface area (Å²) in [6, 6.07) is 24.5. The molecule has 30 heavy (non-hydrogen) atoms. The number of benzene rings is 3. The highest BCUT2D eigenvalue weighted by atomic mass is 32.2. The van der Waals surface area contributed by atoms with Crippen molar-refractivity contribution in [2.24, 2.45) is 0 Å². The van der Waals surface area contributed by atoms with Gasteiger partial charge in [0.15, 0.2) is 0 Å². The van der Waals surface area contributed by atoms with Crippen molar-refractivity contribution in [2.75, 3.05) is 10.8 Å². The van der Waals surface area contributed by atoms with Crippen molar-refractivity contribution in [1.82, 2.24) is 5.32 Å². The Bertz CT molecular complexity index is 1070. The zero-order valence-corrected chi connectivity index (χ0v) is 17.8. The van der Waals surface area contributed by atoms with E-state index in [0.717, 1.165) is 18.4 Å². The van der Waals surface area contributed by atoms with E-state index in [9.17, 15) is 13.2 Å². The molecule has 0 bridgehead atoms. The molecule has 0 fully saturated rings. The van der Waals surface area contributed by atoms with Gasteiger partial charge in [-0.1, -0.05) is 74.0 Å². The number of nitrogens with zero attached hydrogens (tertiary/aromatic N) is 1. The normalized spacial score (nSPS) is 11.1. The first-order valence-electron chi connectivity index (χ1n) is 10.0. The van der Waals surface area contributed by atoms with Crippen molar-refractivity contribution >= 4 is 21.6 Å². The summed E-state index contributed by atoms with van der Waals surface area (Å²) in [5, 5.41) is 2.89. The van der Waals surface area contributed by atoms with Crippen LogP contribution in [-0.4, -0.2) is 20.9 Å². The van der Waals surface area contributed by atoms with Crippen molar-refractivity contribution in [2.45, 2.75) is 31.2 Å². The maximum atomic E-state index is 13.6. The number of para-hydroxylation sites is 1. The number of hydrogen-bond acceptors (Lipinski definition) is 3. The van der Waals surface area contributed by atoms with Gasteiger partial charge in [0, 0.05) is 6.54 Å². The highest BCUT2D eigenvalue weighted by Crippen LogP contribution is 2.29. The van der Waals surface area contributed by atoms with Crippen molar-refractivity contribution in [3.63, 3.8) is 0 Å². The molecule has 5 nitrogen and oxygen atoms in total. The van der Waals surface area contributed by atoms with Gasteiger partial charge in [-0.05, 0) is 36.2 Å². The predicted octanol–water partition coefficient (Wildman–Crippen LogP) is 4.61. The fourth-order valence-electron chi connectivity index (χ4n) is 3.13. The topological polar surface area (TPSA) is 66.5 Å². The Morgan fingerprint density at radius 3 is 2.13 bits per heavy atom. The molecule has 0 aromatic heterocycles. The van der Waals surface area contributed by atoms with Crippen LogP contribution in [0.25, 0.3) is 0 Å². The zero-order chi connectivity index (χ0) is 21.4. The highest BCUT2D eigenvalue weighted by Gasteiger charge is 2.28. The van der Waals surface area contributed by atoms with Crippen LogP contribution in [0.15, 0.2) is 89.8 Å². The molecule has 6 heteroatoms. The molecule has 0 aliphatic rings. The maximum Gasteiger partial charge on any atom is 0.264 e. The monoisotopic (exact) mass is 422 g/mol. The van der Waals surface area contributed by atoms with E-state index < -0.39 is 10.0 Å². The molecule has 0 radical (unpaired) electrons. The third-order valence-corrected chi connectivity index (χ3v) is 6.51. The summed E-state index contributed by atoms with van der Waals surface area (Å²) in [6.07, 6.45) is 1.83. The molecule has 0 aliphatic heterocycles. The summed E-state index contributed by atoms with van der Waals surface area (Å²) in [5.74, 6) is -0.277. The zero-order valence-electron chi connectivity index (χ0n) is 17.0. The molecule has 0 spiro atoms. The van der Waals surface area contributed by atoms with Crippen LogP contribution in [0, 0.1) is 0 Å². The van der Waals surface area contributed by atoms with Gasteiger partial charge in [0.2, 0.25) is 0 Å².